The molecule has 0 aliphatic rings. The molecule has 1 amide bonds. The van der Waals surface area contributed by atoms with E-state index >= 15 is 0 Å². The van der Waals surface area contributed by atoms with Gasteiger partial charge < -0.3 is 5.32 Å². The topological polar surface area (TPSA) is 42.0 Å². The molecule has 0 unspecified atom stereocenters. The van der Waals surface area contributed by atoms with Gasteiger partial charge in [0.25, 0.3) is 0 Å². The van der Waals surface area contributed by atoms with E-state index in [2.05, 4.69) is 16.4 Å². The number of hydrogen-bond donors (Lipinski definition) is 1. The lowest BCUT2D eigenvalue weighted by atomic mass is 10.0. The summed E-state index contributed by atoms with van der Waals surface area (Å²) >= 11 is 0. The van der Waals surface area contributed by atoms with Gasteiger partial charge in [0.1, 0.15) is 0 Å². The molecule has 0 bridgehead atoms. The summed E-state index contributed by atoms with van der Waals surface area (Å²) in [5.41, 5.74) is 4.21. The van der Waals surface area contributed by atoms with E-state index in [-0.39, 0.29) is 11.9 Å². The third-order valence-electron chi connectivity index (χ3n) is 3.97. The van der Waals surface area contributed by atoms with Gasteiger partial charge in [-0.1, -0.05) is 54.6 Å². The molecule has 1 aromatic heterocycles. The minimum absolute atomic E-state index is 0.0791. The van der Waals surface area contributed by atoms with Gasteiger partial charge in [-0.15, -0.1) is 0 Å². The first kappa shape index (κ1) is 16.7. The summed E-state index contributed by atoms with van der Waals surface area (Å²) in [6.45, 7) is 1.98. The molecule has 3 nitrogen and oxygen atoms in total. The largest absolute Gasteiger partial charge is 0.346 e. The Bertz CT molecular complexity index is 857. The highest BCUT2D eigenvalue weighted by molar-refractivity contribution is 5.92. The van der Waals surface area contributed by atoms with Gasteiger partial charge in [0.2, 0.25) is 5.91 Å². The van der Waals surface area contributed by atoms with Crippen molar-refractivity contribution in [2.45, 2.75) is 13.0 Å². The van der Waals surface area contributed by atoms with Crippen LogP contribution in [-0.4, -0.2) is 10.9 Å². The van der Waals surface area contributed by atoms with Gasteiger partial charge in [0, 0.05) is 18.5 Å². The zero-order chi connectivity index (χ0) is 17.5. The van der Waals surface area contributed by atoms with E-state index in [0.29, 0.717) is 0 Å². The molecule has 0 spiro atoms. The predicted molar refractivity (Wildman–Crippen MR) is 102 cm³/mol. The minimum atomic E-state index is -0.108. The van der Waals surface area contributed by atoms with Gasteiger partial charge in [-0.3, -0.25) is 9.78 Å². The van der Waals surface area contributed by atoms with Crippen molar-refractivity contribution in [2.24, 2.45) is 0 Å². The summed E-state index contributed by atoms with van der Waals surface area (Å²) in [7, 11) is 0. The van der Waals surface area contributed by atoms with Crippen LogP contribution in [0.5, 0.6) is 0 Å². The van der Waals surface area contributed by atoms with Crippen LogP contribution >= 0.6 is 0 Å². The lowest BCUT2D eigenvalue weighted by Gasteiger charge is -2.14. The molecule has 3 rings (SSSR count). The number of carbonyl (C=O) groups is 1. The predicted octanol–water partition coefficient (Wildman–Crippen LogP) is 4.64. The van der Waals surface area contributed by atoms with Crippen molar-refractivity contribution < 1.29 is 4.79 Å². The number of aromatic nitrogens is 1. The number of nitrogens with one attached hydrogen (secondary N) is 1. The molecular formula is C22H20N2O. The standard InChI is InChI=1S/C22H20N2O/c1-17(24-22(25)13-12-18-7-3-2-4-8-18)19-9-5-10-20(15-19)21-11-6-14-23-16-21/h2-17H,1H3,(H,24,25)/t17-/m0/s1. The number of nitrogens with zero attached hydrogens (tertiary/aromatic N) is 1. The van der Waals surface area contributed by atoms with Crippen molar-refractivity contribution >= 4 is 12.0 Å². The fraction of sp³-hybridized carbons (Fsp3) is 0.0909. The Kier molecular flexibility index (Phi) is 5.37. The molecule has 1 atom stereocenters. The second-order valence-corrected chi connectivity index (χ2v) is 5.84. The maximum absolute atomic E-state index is 12.1. The van der Waals surface area contributed by atoms with Crippen LogP contribution in [0.3, 0.4) is 0 Å². The van der Waals surface area contributed by atoms with E-state index in [1.54, 1.807) is 12.3 Å². The van der Waals surface area contributed by atoms with Crippen molar-refractivity contribution in [1.29, 1.82) is 0 Å². The van der Waals surface area contributed by atoms with E-state index in [4.69, 9.17) is 0 Å². The Hall–Kier alpha value is -3.20. The summed E-state index contributed by atoms with van der Waals surface area (Å²) in [5, 5.41) is 3.00. The molecule has 3 heteroatoms. The van der Waals surface area contributed by atoms with Gasteiger partial charge in [-0.05, 0) is 47.4 Å². The molecule has 0 saturated heterocycles. The summed E-state index contributed by atoms with van der Waals surface area (Å²) in [5.74, 6) is -0.108. The minimum Gasteiger partial charge on any atom is -0.346 e. The highest BCUT2D eigenvalue weighted by Crippen LogP contribution is 2.22. The summed E-state index contributed by atoms with van der Waals surface area (Å²) in [6.07, 6.45) is 6.98. The molecule has 0 saturated carbocycles. The summed E-state index contributed by atoms with van der Waals surface area (Å²) < 4.78 is 0. The van der Waals surface area contributed by atoms with Gasteiger partial charge in [-0.25, -0.2) is 0 Å². The molecule has 0 aliphatic carbocycles. The third kappa shape index (κ3) is 4.64. The summed E-state index contributed by atoms with van der Waals surface area (Å²) in [6, 6.07) is 21.8. The quantitative estimate of drug-likeness (QED) is 0.693. The lowest BCUT2D eigenvalue weighted by molar-refractivity contribution is -0.117. The van der Waals surface area contributed by atoms with Crippen LogP contribution < -0.4 is 5.32 Å². The van der Waals surface area contributed by atoms with Crippen molar-refractivity contribution in [2.75, 3.05) is 0 Å². The number of pyridine rings is 1. The molecule has 0 aliphatic heterocycles. The Labute approximate surface area is 148 Å². The average molecular weight is 328 g/mol. The van der Waals surface area contributed by atoms with Crippen molar-refractivity contribution in [3.8, 4) is 11.1 Å². The SMILES string of the molecule is C[C@H](NC(=O)C=Cc1ccccc1)c1cccc(-c2cccnc2)c1. The fourth-order valence-corrected chi connectivity index (χ4v) is 2.60. The Morgan fingerprint density at radius 3 is 2.56 bits per heavy atom. The molecule has 25 heavy (non-hydrogen) atoms. The first-order valence-corrected chi connectivity index (χ1v) is 8.26. The molecule has 2 aromatic carbocycles. The van der Waals surface area contributed by atoms with Crippen molar-refractivity contribution in [1.82, 2.24) is 10.3 Å². The van der Waals surface area contributed by atoms with Crippen molar-refractivity contribution in [3.63, 3.8) is 0 Å². The molecule has 3 aromatic rings. The van der Waals surface area contributed by atoms with Gasteiger partial charge in [0.05, 0.1) is 6.04 Å². The second kappa shape index (κ2) is 8.06. The van der Waals surface area contributed by atoms with Crippen LogP contribution in [0.4, 0.5) is 0 Å². The highest BCUT2D eigenvalue weighted by Gasteiger charge is 2.08. The Morgan fingerprint density at radius 2 is 1.80 bits per heavy atom. The van der Waals surface area contributed by atoms with Crippen LogP contribution in [0, 0.1) is 0 Å². The molecule has 0 fully saturated rings. The number of amides is 1. The average Bonchev–Trinajstić information content (AvgIpc) is 2.68. The Morgan fingerprint density at radius 1 is 1.00 bits per heavy atom. The summed E-state index contributed by atoms with van der Waals surface area (Å²) in [4.78, 5) is 16.3. The number of hydrogen-bond acceptors (Lipinski definition) is 2. The van der Waals surface area contributed by atoms with E-state index in [9.17, 15) is 4.79 Å². The second-order valence-electron chi connectivity index (χ2n) is 5.84. The molecule has 124 valence electrons. The fourth-order valence-electron chi connectivity index (χ4n) is 2.60. The van der Waals surface area contributed by atoms with Gasteiger partial charge in [-0.2, -0.15) is 0 Å². The van der Waals surface area contributed by atoms with Crippen LogP contribution in [0.2, 0.25) is 0 Å². The van der Waals surface area contributed by atoms with Crippen molar-refractivity contribution in [3.05, 3.63) is 96.3 Å². The van der Waals surface area contributed by atoms with E-state index in [1.807, 2.05) is 79.9 Å². The van der Waals surface area contributed by atoms with E-state index in [1.165, 1.54) is 0 Å². The normalized spacial score (nSPS) is 12.0. The molecule has 1 heterocycles. The molecule has 0 radical (unpaired) electrons. The smallest absolute Gasteiger partial charge is 0.244 e. The van der Waals surface area contributed by atoms with E-state index in [0.717, 1.165) is 22.3 Å². The monoisotopic (exact) mass is 328 g/mol. The van der Waals surface area contributed by atoms with Crippen LogP contribution in [0.15, 0.2) is 85.2 Å². The molecule has 1 N–H and O–H groups in total. The van der Waals surface area contributed by atoms with Crippen LogP contribution in [-0.2, 0) is 4.79 Å². The third-order valence-corrected chi connectivity index (χ3v) is 3.97. The lowest BCUT2D eigenvalue weighted by Crippen LogP contribution is -2.24. The van der Waals surface area contributed by atoms with Crippen LogP contribution in [0.1, 0.15) is 24.1 Å². The zero-order valence-corrected chi connectivity index (χ0v) is 14.1. The van der Waals surface area contributed by atoms with E-state index < -0.39 is 0 Å². The van der Waals surface area contributed by atoms with Crippen LogP contribution in [0.25, 0.3) is 17.2 Å². The molecular weight excluding hydrogens is 308 g/mol. The highest BCUT2D eigenvalue weighted by atomic mass is 16.1. The zero-order valence-electron chi connectivity index (χ0n) is 14.1. The Balaban J connectivity index is 1.68. The number of rotatable bonds is 5. The first-order valence-electron chi connectivity index (χ1n) is 8.26. The number of benzene rings is 2. The maximum atomic E-state index is 12.1. The first-order chi connectivity index (χ1) is 12.2. The maximum Gasteiger partial charge on any atom is 0.244 e. The number of carbonyl (C=O) groups excluding carboxylic acids is 1. The van der Waals surface area contributed by atoms with Gasteiger partial charge in [0.15, 0.2) is 0 Å². The van der Waals surface area contributed by atoms with Gasteiger partial charge >= 0.3 is 0 Å².